The number of primary amides is 1. The number of benzene rings is 1. The molecule has 1 unspecified atom stereocenters. The van der Waals surface area contributed by atoms with Gasteiger partial charge >= 0.3 is 0 Å². The standard InChI is InChI=1S/C14H15FN2OS/c1-9(10-2-4-12(15)5-3-10)17-7-13-6-11(8-19-13)14(16)18/h2-6,8-9,17H,7H2,1H3,(H2,16,18). The molecule has 0 fully saturated rings. The number of hydrogen-bond donors (Lipinski definition) is 2. The summed E-state index contributed by atoms with van der Waals surface area (Å²) in [6.07, 6.45) is 0. The van der Waals surface area contributed by atoms with Crippen LogP contribution in [0, 0.1) is 5.82 Å². The number of hydrogen-bond acceptors (Lipinski definition) is 3. The molecule has 0 aliphatic heterocycles. The van der Waals surface area contributed by atoms with Crippen LogP contribution in [0.1, 0.15) is 33.8 Å². The molecule has 3 N–H and O–H groups in total. The third-order valence-electron chi connectivity index (χ3n) is 2.89. The molecule has 1 aromatic heterocycles. The van der Waals surface area contributed by atoms with Crippen LogP contribution >= 0.6 is 11.3 Å². The number of rotatable bonds is 5. The van der Waals surface area contributed by atoms with E-state index in [2.05, 4.69) is 5.32 Å². The molecule has 2 rings (SSSR count). The van der Waals surface area contributed by atoms with Crippen LogP contribution in [-0.2, 0) is 6.54 Å². The lowest BCUT2D eigenvalue weighted by Gasteiger charge is -2.13. The fourth-order valence-corrected chi connectivity index (χ4v) is 2.55. The minimum Gasteiger partial charge on any atom is -0.366 e. The van der Waals surface area contributed by atoms with Crippen LogP contribution in [-0.4, -0.2) is 5.91 Å². The van der Waals surface area contributed by atoms with Crippen LogP contribution in [0.4, 0.5) is 4.39 Å². The summed E-state index contributed by atoms with van der Waals surface area (Å²) in [6.45, 7) is 2.66. The lowest BCUT2D eigenvalue weighted by atomic mass is 10.1. The first kappa shape index (κ1) is 13.7. The zero-order valence-electron chi connectivity index (χ0n) is 10.5. The molecule has 0 bridgehead atoms. The van der Waals surface area contributed by atoms with Gasteiger partial charge in [-0.1, -0.05) is 12.1 Å². The Bertz CT molecular complexity index is 565. The second-order valence-corrected chi connectivity index (χ2v) is 5.32. The number of amides is 1. The van der Waals surface area contributed by atoms with E-state index in [-0.39, 0.29) is 11.9 Å². The van der Waals surface area contributed by atoms with E-state index in [9.17, 15) is 9.18 Å². The average Bonchev–Trinajstić information content (AvgIpc) is 2.86. The number of carbonyl (C=O) groups is 1. The molecular weight excluding hydrogens is 263 g/mol. The number of carbonyl (C=O) groups excluding carboxylic acids is 1. The van der Waals surface area contributed by atoms with Crippen LogP contribution in [0.25, 0.3) is 0 Å². The summed E-state index contributed by atoms with van der Waals surface area (Å²) in [5, 5.41) is 5.07. The molecule has 1 amide bonds. The minimum atomic E-state index is -0.408. The molecule has 100 valence electrons. The second kappa shape index (κ2) is 5.95. The van der Waals surface area contributed by atoms with Crippen molar-refractivity contribution in [1.82, 2.24) is 5.32 Å². The van der Waals surface area contributed by atoms with Gasteiger partial charge in [0.25, 0.3) is 0 Å². The van der Waals surface area contributed by atoms with Crippen LogP contribution in [0.2, 0.25) is 0 Å². The lowest BCUT2D eigenvalue weighted by Crippen LogP contribution is -2.17. The van der Waals surface area contributed by atoms with Gasteiger partial charge in [-0.05, 0) is 30.7 Å². The van der Waals surface area contributed by atoms with Crippen molar-refractivity contribution >= 4 is 17.2 Å². The van der Waals surface area contributed by atoms with E-state index in [0.29, 0.717) is 12.1 Å². The molecular formula is C14H15FN2OS. The molecule has 0 aliphatic carbocycles. The Labute approximate surface area is 115 Å². The van der Waals surface area contributed by atoms with E-state index >= 15 is 0 Å². The highest BCUT2D eigenvalue weighted by molar-refractivity contribution is 7.10. The highest BCUT2D eigenvalue weighted by Crippen LogP contribution is 2.17. The third-order valence-corrected chi connectivity index (χ3v) is 3.83. The quantitative estimate of drug-likeness (QED) is 0.883. The third kappa shape index (κ3) is 3.62. The van der Waals surface area contributed by atoms with Crippen LogP contribution in [0.15, 0.2) is 35.7 Å². The molecule has 0 aliphatic rings. The Hall–Kier alpha value is -1.72. The van der Waals surface area contributed by atoms with Gasteiger partial charge < -0.3 is 11.1 Å². The van der Waals surface area contributed by atoms with Crippen LogP contribution < -0.4 is 11.1 Å². The average molecular weight is 278 g/mol. The summed E-state index contributed by atoms with van der Waals surface area (Å²) >= 11 is 1.49. The summed E-state index contributed by atoms with van der Waals surface area (Å²) in [5.74, 6) is -0.644. The van der Waals surface area contributed by atoms with E-state index in [0.717, 1.165) is 10.4 Å². The maximum atomic E-state index is 12.8. The van der Waals surface area contributed by atoms with Gasteiger partial charge in [0, 0.05) is 22.8 Å². The fourth-order valence-electron chi connectivity index (χ4n) is 1.73. The van der Waals surface area contributed by atoms with Gasteiger partial charge in [-0.3, -0.25) is 4.79 Å². The van der Waals surface area contributed by atoms with Crippen molar-refractivity contribution < 1.29 is 9.18 Å². The van der Waals surface area contributed by atoms with Gasteiger partial charge in [-0.2, -0.15) is 0 Å². The van der Waals surface area contributed by atoms with Crippen molar-refractivity contribution in [2.75, 3.05) is 0 Å². The molecule has 1 aromatic carbocycles. The number of halogens is 1. The lowest BCUT2D eigenvalue weighted by molar-refractivity contribution is 0.100. The Morgan fingerprint density at radius 2 is 2.11 bits per heavy atom. The number of nitrogens with two attached hydrogens (primary N) is 1. The number of nitrogens with one attached hydrogen (secondary N) is 1. The highest BCUT2D eigenvalue weighted by Gasteiger charge is 2.08. The predicted octanol–water partition coefficient (Wildman–Crippen LogP) is 2.84. The SMILES string of the molecule is CC(NCc1cc(C(N)=O)cs1)c1ccc(F)cc1. The maximum Gasteiger partial charge on any atom is 0.249 e. The zero-order valence-corrected chi connectivity index (χ0v) is 11.3. The first-order chi connectivity index (χ1) is 9.06. The van der Waals surface area contributed by atoms with Crippen molar-refractivity contribution in [1.29, 1.82) is 0 Å². The Morgan fingerprint density at radius 1 is 1.42 bits per heavy atom. The van der Waals surface area contributed by atoms with Gasteiger partial charge in [0.1, 0.15) is 5.82 Å². The summed E-state index contributed by atoms with van der Waals surface area (Å²) < 4.78 is 12.8. The fraction of sp³-hybridized carbons (Fsp3) is 0.214. The molecule has 2 aromatic rings. The van der Waals surface area contributed by atoms with E-state index in [1.807, 2.05) is 6.92 Å². The highest BCUT2D eigenvalue weighted by atomic mass is 32.1. The largest absolute Gasteiger partial charge is 0.366 e. The number of thiophene rings is 1. The Morgan fingerprint density at radius 3 is 2.68 bits per heavy atom. The van der Waals surface area contributed by atoms with Crippen molar-refractivity contribution in [2.24, 2.45) is 5.73 Å². The molecule has 0 saturated heterocycles. The van der Waals surface area contributed by atoms with Crippen molar-refractivity contribution in [3.8, 4) is 0 Å². The van der Waals surface area contributed by atoms with E-state index in [1.165, 1.54) is 23.5 Å². The smallest absolute Gasteiger partial charge is 0.249 e. The monoisotopic (exact) mass is 278 g/mol. The molecule has 5 heteroatoms. The first-order valence-electron chi connectivity index (χ1n) is 5.92. The summed E-state index contributed by atoms with van der Waals surface area (Å²) in [7, 11) is 0. The topological polar surface area (TPSA) is 55.1 Å². The zero-order chi connectivity index (χ0) is 13.8. The van der Waals surface area contributed by atoms with Crippen LogP contribution in [0.5, 0.6) is 0 Å². The normalized spacial score (nSPS) is 12.3. The molecule has 0 saturated carbocycles. The maximum absolute atomic E-state index is 12.8. The molecule has 1 atom stereocenters. The van der Waals surface area contributed by atoms with Crippen molar-refractivity contribution in [3.63, 3.8) is 0 Å². The molecule has 1 heterocycles. The van der Waals surface area contributed by atoms with E-state index in [4.69, 9.17) is 5.73 Å². The second-order valence-electron chi connectivity index (χ2n) is 4.32. The first-order valence-corrected chi connectivity index (χ1v) is 6.80. The summed E-state index contributed by atoms with van der Waals surface area (Å²) in [4.78, 5) is 12.0. The van der Waals surface area contributed by atoms with E-state index < -0.39 is 5.91 Å². The Balaban J connectivity index is 1.94. The summed E-state index contributed by atoms with van der Waals surface area (Å²) in [6, 6.07) is 8.32. The van der Waals surface area contributed by atoms with Gasteiger partial charge in [0.05, 0.1) is 5.56 Å². The molecule has 3 nitrogen and oxygen atoms in total. The van der Waals surface area contributed by atoms with Crippen molar-refractivity contribution in [2.45, 2.75) is 19.5 Å². The van der Waals surface area contributed by atoms with E-state index in [1.54, 1.807) is 23.6 Å². The van der Waals surface area contributed by atoms with Gasteiger partial charge in [0.2, 0.25) is 5.91 Å². The summed E-state index contributed by atoms with van der Waals surface area (Å²) in [5.41, 5.74) is 6.76. The molecule has 0 radical (unpaired) electrons. The minimum absolute atomic E-state index is 0.111. The van der Waals surface area contributed by atoms with Crippen LogP contribution in [0.3, 0.4) is 0 Å². The Kier molecular flexibility index (Phi) is 4.29. The van der Waals surface area contributed by atoms with Gasteiger partial charge in [-0.25, -0.2) is 4.39 Å². The van der Waals surface area contributed by atoms with Crippen molar-refractivity contribution in [3.05, 3.63) is 57.5 Å². The molecule has 19 heavy (non-hydrogen) atoms. The van der Waals surface area contributed by atoms with Gasteiger partial charge in [-0.15, -0.1) is 11.3 Å². The predicted molar refractivity (Wildman–Crippen MR) is 74.5 cm³/mol. The molecule has 0 spiro atoms. The van der Waals surface area contributed by atoms with Gasteiger partial charge in [0.15, 0.2) is 0 Å².